The first-order valence-electron chi connectivity index (χ1n) is 14.7. The van der Waals surface area contributed by atoms with Crippen molar-refractivity contribution in [1.29, 1.82) is 0 Å². The van der Waals surface area contributed by atoms with Crippen molar-refractivity contribution in [3.05, 3.63) is 59.4 Å². The number of nitrogens with zero attached hydrogens (tertiary/aromatic N) is 2. The van der Waals surface area contributed by atoms with Crippen molar-refractivity contribution in [3.63, 3.8) is 0 Å². The summed E-state index contributed by atoms with van der Waals surface area (Å²) in [6, 6.07) is 11.7. The Labute approximate surface area is 243 Å². The van der Waals surface area contributed by atoms with Crippen LogP contribution in [0.5, 0.6) is 11.5 Å². The summed E-state index contributed by atoms with van der Waals surface area (Å²) in [6.45, 7) is 7.96. The summed E-state index contributed by atoms with van der Waals surface area (Å²) < 4.78 is 29.8. The minimum atomic E-state index is -0.301. The molecule has 1 heterocycles. The quantitative estimate of drug-likeness (QED) is 0.325. The van der Waals surface area contributed by atoms with Gasteiger partial charge in [0.1, 0.15) is 5.82 Å². The maximum absolute atomic E-state index is 13.8. The molecule has 2 aromatic carbocycles. The van der Waals surface area contributed by atoms with E-state index in [0.717, 1.165) is 37.9 Å². The van der Waals surface area contributed by atoms with Gasteiger partial charge in [-0.3, -0.25) is 9.59 Å². The standard InChI is InChI=1S/C32H44FN3O5/c1-22(2)35(32(38)24-8-13-29(40-4)30(17-24)41-15-5-14-39-3)20-25-18-34-19-26(25)21-36(28-11-12-28)31(37)16-23-6-9-27(33)10-7-23/h6-10,13,17,22,25-26,28,34H,5,11-12,14-16,18-21H2,1-4H3. The van der Waals surface area contributed by atoms with E-state index in [2.05, 4.69) is 5.32 Å². The van der Waals surface area contributed by atoms with E-state index in [0.29, 0.717) is 43.4 Å². The smallest absolute Gasteiger partial charge is 0.254 e. The van der Waals surface area contributed by atoms with Gasteiger partial charge in [-0.2, -0.15) is 0 Å². The second-order valence-corrected chi connectivity index (χ2v) is 11.4. The molecular weight excluding hydrogens is 525 g/mol. The first-order chi connectivity index (χ1) is 19.8. The van der Waals surface area contributed by atoms with E-state index in [9.17, 15) is 14.0 Å². The van der Waals surface area contributed by atoms with Crippen LogP contribution in [-0.4, -0.2) is 87.3 Å². The Morgan fingerprint density at radius 2 is 1.68 bits per heavy atom. The van der Waals surface area contributed by atoms with E-state index >= 15 is 0 Å². The van der Waals surface area contributed by atoms with E-state index in [1.807, 2.05) is 23.6 Å². The Morgan fingerprint density at radius 3 is 2.32 bits per heavy atom. The fraction of sp³-hybridized carbons (Fsp3) is 0.562. The number of hydrogen-bond donors (Lipinski definition) is 1. The zero-order valence-electron chi connectivity index (χ0n) is 24.7. The highest BCUT2D eigenvalue weighted by Crippen LogP contribution is 2.32. The molecule has 1 aliphatic heterocycles. The van der Waals surface area contributed by atoms with Gasteiger partial charge in [-0.15, -0.1) is 0 Å². The number of benzene rings is 2. The lowest BCUT2D eigenvalue weighted by Crippen LogP contribution is -2.45. The third-order valence-electron chi connectivity index (χ3n) is 7.96. The Kier molecular flexibility index (Phi) is 11.0. The lowest BCUT2D eigenvalue weighted by molar-refractivity contribution is -0.131. The Bertz CT molecular complexity index is 1150. The van der Waals surface area contributed by atoms with Gasteiger partial charge in [0.2, 0.25) is 5.91 Å². The van der Waals surface area contributed by atoms with E-state index in [4.69, 9.17) is 14.2 Å². The summed E-state index contributed by atoms with van der Waals surface area (Å²) in [5.41, 5.74) is 1.37. The molecule has 2 aromatic rings. The highest BCUT2D eigenvalue weighted by atomic mass is 19.1. The van der Waals surface area contributed by atoms with Crippen molar-refractivity contribution in [2.75, 3.05) is 53.6 Å². The van der Waals surface area contributed by atoms with Gasteiger partial charge in [-0.25, -0.2) is 4.39 Å². The van der Waals surface area contributed by atoms with Crippen LogP contribution in [0.3, 0.4) is 0 Å². The summed E-state index contributed by atoms with van der Waals surface area (Å²) >= 11 is 0. The molecule has 9 heteroatoms. The minimum Gasteiger partial charge on any atom is -0.493 e. The number of nitrogens with one attached hydrogen (secondary N) is 1. The van der Waals surface area contributed by atoms with Crippen molar-refractivity contribution < 1.29 is 28.2 Å². The SMILES string of the molecule is COCCCOc1cc(C(=O)N(CC2CNCC2CN(C(=O)Cc2ccc(F)cc2)C2CC2)C(C)C)ccc1OC. The third-order valence-corrected chi connectivity index (χ3v) is 7.96. The number of hydrogen-bond acceptors (Lipinski definition) is 6. The normalized spacial score (nSPS) is 18.4. The highest BCUT2D eigenvalue weighted by Gasteiger charge is 2.38. The fourth-order valence-corrected chi connectivity index (χ4v) is 5.44. The van der Waals surface area contributed by atoms with Crippen molar-refractivity contribution in [2.24, 2.45) is 11.8 Å². The number of amides is 2. The molecule has 0 bridgehead atoms. The van der Waals surface area contributed by atoms with Crippen LogP contribution in [0.1, 0.15) is 49.0 Å². The second-order valence-electron chi connectivity index (χ2n) is 11.4. The molecule has 224 valence electrons. The fourth-order valence-electron chi connectivity index (χ4n) is 5.44. The molecule has 0 spiro atoms. The average Bonchev–Trinajstić information content (AvgIpc) is 3.71. The molecule has 1 aliphatic carbocycles. The van der Waals surface area contributed by atoms with Crippen molar-refractivity contribution in [1.82, 2.24) is 15.1 Å². The largest absolute Gasteiger partial charge is 0.493 e. The lowest BCUT2D eigenvalue weighted by atomic mass is 9.93. The van der Waals surface area contributed by atoms with Crippen LogP contribution in [0, 0.1) is 17.7 Å². The predicted molar refractivity (Wildman–Crippen MR) is 156 cm³/mol. The molecule has 1 saturated heterocycles. The van der Waals surface area contributed by atoms with E-state index in [1.54, 1.807) is 44.6 Å². The van der Waals surface area contributed by atoms with Crippen LogP contribution in [0.15, 0.2) is 42.5 Å². The van der Waals surface area contributed by atoms with E-state index < -0.39 is 0 Å². The molecule has 2 unspecified atom stereocenters. The molecule has 41 heavy (non-hydrogen) atoms. The first kappa shape index (κ1) is 30.8. The summed E-state index contributed by atoms with van der Waals surface area (Å²) in [5, 5.41) is 3.50. The molecule has 1 N–H and O–H groups in total. The van der Waals surface area contributed by atoms with Crippen LogP contribution < -0.4 is 14.8 Å². The van der Waals surface area contributed by atoms with Crippen LogP contribution in [0.2, 0.25) is 0 Å². The molecule has 4 rings (SSSR count). The molecule has 2 amide bonds. The highest BCUT2D eigenvalue weighted by molar-refractivity contribution is 5.95. The zero-order chi connectivity index (χ0) is 29.4. The minimum absolute atomic E-state index is 0.00318. The number of methoxy groups -OCH3 is 2. The summed E-state index contributed by atoms with van der Waals surface area (Å²) in [7, 11) is 3.24. The topological polar surface area (TPSA) is 80.3 Å². The van der Waals surface area contributed by atoms with Crippen LogP contribution in [-0.2, 0) is 16.0 Å². The Morgan fingerprint density at radius 1 is 0.976 bits per heavy atom. The van der Waals surface area contributed by atoms with Crippen molar-refractivity contribution >= 4 is 11.8 Å². The zero-order valence-corrected chi connectivity index (χ0v) is 24.7. The molecule has 8 nitrogen and oxygen atoms in total. The lowest BCUT2D eigenvalue weighted by Gasteiger charge is -2.34. The maximum Gasteiger partial charge on any atom is 0.254 e. The van der Waals surface area contributed by atoms with Crippen LogP contribution in [0.25, 0.3) is 0 Å². The summed E-state index contributed by atoms with van der Waals surface area (Å²) in [6.07, 6.45) is 3.04. The van der Waals surface area contributed by atoms with E-state index in [-0.39, 0.29) is 48.0 Å². The molecule has 2 aliphatic rings. The monoisotopic (exact) mass is 569 g/mol. The molecule has 0 aromatic heterocycles. The Hall–Kier alpha value is -3.17. The second kappa shape index (κ2) is 14.6. The van der Waals surface area contributed by atoms with Crippen molar-refractivity contribution in [2.45, 2.75) is 51.6 Å². The molecular formula is C32H44FN3O5. The number of carbonyl (C=O) groups excluding carboxylic acids is 2. The van der Waals surface area contributed by atoms with Gasteiger partial charge in [0.25, 0.3) is 5.91 Å². The Balaban J connectivity index is 1.43. The van der Waals surface area contributed by atoms with E-state index in [1.165, 1.54) is 12.1 Å². The van der Waals surface area contributed by atoms with Gasteiger partial charge in [-0.1, -0.05) is 12.1 Å². The third kappa shape index (κ3) is 8.42. The van der Waals surface area contributed by atoms with Crippen molar-refractivity contribution in [3.8, 4) is 11.5 Å². The predicted octanol–water partition coefficient (Wildman–Crippen LogP) is 4.17. The van der Waals surface area contributed by atoms with Gasteiger partial charge in [0.15, 0.2) is 11.5 Å². The maximum atomic E-state index is 13.8. The summed E-state index contributed by atoms with van der Waals surface area (Å²) in [4.78, 5) is 31.0. The number of rotatable bonds is 15. The molecule has 2 atom stereocenters. The first-order valence-corrected chi connectivity index (χ1v) is 14.7. The van der Waals surface area contributed by atoms with Gasteiger partial charge < -0.3 is 29.3 Å². The molecule has 2 fully saturated rings. The number of carbonyl (C=O) groups is 2. The van der Waals surface area contributed by atoms with Gasteiger partial charge in [-0.05, 0) is 74.4 Å². The average molecular weight is 570 g/mol. The number of ether oxygens (including phenoxy) is 3. The van der Waals surface area contributed by atoms with Gasteiger partial charge >= 0.3 is 0 Å². The van der Waals surface area contributed by atoms with Gasteiger partial charge in [0.05, 0.1) is 20.1 Å². The molecule has 0 radical (unpaired) electrons. The molecule has 1 saturated carbocycles. The van der Waals surface area contributed by atoms with Crippen LogP contribution in [0.4, 0.5) is 4.39 Å². The summed E-state index contributed by atoms with van der Waals surface area (Å²) in [5.74, 6) is 1.30. The van der Waals surface area contributed by atoms with Crippen LogP contribution >= 0.6 is 0 Å². The number of halogens is 1. The van der Waals surface area contributed by atoms with Gasteiger partial charge in [0, 0.05) is 64.0 Å².